The van der Waals surface area contributed by atoms with Crippen molar-refractivity contribution < 1.29 is 22.6 Å². The van der Waals surface area contributed by atoms with Crippen molar-refractivity contribution in [3.8, 4) is 11.5 Å². The second-order valence-corrected chi connectivity index (χ2v) is 3.04. The van der Waals surface area contributed by atoms with Crippen LogP contribution in [0.3, 0.4) is 0 Å². The van der Waals surface area contributed by atoms with E-state index in [1.54, 1.807) is 0 Å². The molecule has 15 heavy (non-hydrogen) atoms. The number of alkyl halides is 3. The van der Waals surface area contributed by atoms with Gasteiger partial charge in [-0.2, -0.15) is 12.6 Å². The number of hydrogen-bond donors (Lipinski definition) is 1. The van der Waals surface area contributed by atoms with Crippen molar-refractivity contribution in [2.75, 3.05) is 12.4 Å². The molecule has 0 aliphatic heterocycles. The molecule has 0 saturated carbocycles. The molecule has 2 nitrogen and oxygen atoms in total. The van der Waals surface area contributed by atoms with Gasteiger partial charge in [-0.05, 0) is 24.3 Å². The molecule has 0 unspecified atom stereocenters. The number of ether oxygens (including phenoxy) is 2. The molecule has 1 aromatic carbocycles. The van der Waals surface area contributed by atoms with Gasteiger partial charge >= 0.3 is 6.36 Å². The number of benzene rings is 1. The van der Waals surface area contributed by atoms with E-state index in [1.165, 1.54) is 24.3 Å². The minimum atomic E-state index is -4.66. The second-order valence-electron chi connectivity index (χ2n) is 2.59. The highest BCUT2D eigenvalue weighted by molar-refractivity contribution is 7.80. The Morgan fingerprint density at radius 3 is 2.07 bits per heavy atom. The summed E-state index contributed by atoms with van der Waals surface area (Å²) in [5, 5.41) is 0. The summed E-state index contributed by atoms with van der Waals surface area (Å²) in [7, 11) is 0. The lowest BCUT2D eigenvalue weighted by Crippen LogP contribution is -2.16. The Bertz CT molecular complexity index is 297. The third kappa shape index (κ3) is 4.83. The average molecular weight is 238 g/mol. The zero-order chi connectivity index (χ0) is 11.3. The Balaban J connectivity index is 2.56. The molecule has 1 aromatic rings. The molecule has 0 heterocycles. The molecule has 0 bridgehead atoms. The third-order valence-corrected chi connectivity index (χ3v) is 1.60. The molecule has 0 spiro atoms. The Morgan fingerprint density at radius 1 is 1.07 bits per heavy atom. The Morgan fingerprint density at radius 2 is 1.60 bits per heavy atom. The highest BCUT2D eigenvalue weighted by Crippen LogP contribution is 2.24. The molecule has 0 aliphatic carbocycles. The molecule has 0 aromatic heterocycles. The van der Waals surface area contributed by atoms with Gasteiger partial charge in [-0.1, -0.05) is 0 Å². The monoisotopic (exact) mass is 238 g/mol. The van der Waals surface area contributed by atoms with Gasteiger partial charge in [0, 0.05) is 5.75 Å². The first-order valence-electron chi connectivity index (χ1n) is 4.11. The van der Waals surface area contributed by atoms with Crippen LogP contribution in [-0.2, 0) is 0 Å². The van der Waals surface area contributed by atoms with Crippen LogP contribution in [0.5, 0.6) is 11.5 Å². The summed E-state index contributed by atoms with van der Waals surface area (Å²) in [6.07, 6.45) is -4.66. The van der Waals surface area contributed by atoms with E-state index in [0.717, 1.165) is 0 Å². The summed E-state index contributed by atoms with van der Waals surface area (Å²) in [6, 6.07) is 5.21. The molecular formula is C9H9F3O2S. The van der Waals surface area contributed by atoms with Gasteiger partial charge < -0.3 is 9.47 Å². The van der Waals surface area contributed by atoms with Crippen molar-refractivity contribution >= 4 is 12.6 Å². The molecule has 0 atom stereocenters. The largest absolute Gasteiger partial charge is 0.573 e. The van der Waals surface area contributed by atoms with Gasteiger partial charge in [-0.3, -0.25) is 0 Å². The third-order valence-electron chi connectivity index (χ3n) is 1.42. The van der Waals surface area contributed by atoms with Crippen molar-refractivity contribution in [1.82, 2.24) is 0 Å². The SMILES string of the molecule is FC(F)(F)Oc1ccc(OCCS)cc1. The Kier molecular flexibility index (Phi) is 4.14. The minimum absolute atomic E-state index is 0.263. The number of rotatable bonds is 4. The standard InChI is InChI=1S/C9H9F3O2S/c10-9(11,12)14-8-3-1-7(2-4-8)13-5-6-15/h1-4,15H,5-6H2. The Labute approximate surface area is 90.4 Å². The highest BCUT2D eigenvalue weighted by Gasteiger charge is 2.30. The van der Waals surface area contributed by atoms with Gasteiger partial charge in [0.25, 0.3) is 0 Å². The fourth-order valence-corrected chi connectivity index (χ4v) is 0.992. The van der Waals surface area contributed by atoms with E-state index in [2.05, 4.69) is 17.4 Å². The maximum atomic E-state index is 11.8. The van der Waals surface area contributed by atoms with Crippen LogP contribution in [-0.4, -0.2) is 18.7 Å². The van der Waals surface area contributed by atoms with Crippen LogP contribution in [0.2, 0.25) is 0 Å². The van der Waals surface area contributed by atoms with E-state index in [1.807, 2.05) is 0 Å². The van der Waals surface area contributed by atoms with Crippen molar-refractivity contribution in [2.24, 2.45) is 0 Å². The van der Waals surface area contributed by atoms with Crippen LogP contribution in [0.1, 0.15) is 0 Å². The van der Waals surface area contributed by atoms with Crippen molar-refractivity contribution in [3.63, 3.8) is 0 Å². The van der Waals surface area contributed by atoms with Crippen molar-refractivity contribution in [2.45, 2.75) is 6.36 Å². The summed E-state index contributed by atoms with van der Waals surface area (Å²) in [4.78, 5) is 0. The lowest BCUT2D eigenvalue weighted by molar-refractivity contribution is -0.274. The maximum Gasteiger partial charge on any atom is 0.573 e. The summed E-state index contributed by atoms with van der Waals surface area (Å²) < 4.78 is 44.2. The molecule has 0 saturated heterocycles. The summed E-state index contributed by atoms with van der Waals surface area (Å²) in [5.41, 5.74) is 0. The van der Waals surface area contributed by atoms with Crippen LogP contribution in [0.15, 0.2) is 24.3 Å². The smallest absolute Gasteiger partial charge is 0.493 e. The molecule has 0 aliphatic rings. The molecule has 84 valence electrons. The molecular weight excluding hydrogens is 229 g/mol. The summed E-state index contributed by atoms with van der Waals surface area (Å²) in [6.45, 7) is 0.405. The first-order valence-corrected chi connectivity index (χ1v) is 4.74. The van der Waals surface area contributed by atoms with Crippen LogP contribution < -0.4 is 9.47 Å². The van der Waals surface area contributed by atoms with E-state index in [9.17, 15) is 13.2 Å². The van der Waals surface area contributed by atoms with Crippen LogP contribution in [0.25, 0.3) is 0 Å². The van der Waals surface area contributed by atoms with E-state index in [4.69, 9.17) is 4.74 Å². The lowest BCUT2D eigenvalue weighted by Gasteiger charge is -2.09. The summed E-state index contributed by atoms with van der Waals surface area (Å²) in [5.74, 6) is 0.764. The molecule has 0 amide bonds. The number of halogens is 3. The van der Waals surface area contributed by atoms with E-state index in [0.29, 0.717) is 18.1 Å². The Hall–Kier alpha value is -1.04. The first kappa shape index (κ1) is 12.0. The fourth-order valence-electron chi connectivity index (χ4n) is 0.901. The van der Waals surface area contributed by atoms with Crippen LogP contribution >= 0.6 is 12.6 Å². The van der Waals surface area contributed by atoms with E-state index >= 15 is 0 Å². The first-order chi connectivity index (χ1) is 7.01. The van der Waals surface area contributed by atoms with Gasteiger partial charge in [0.1, 0.15) is 11.5 Å². The molecule has 0 N–H and O–H groups in total. The quantitative estimate of drug-likeness (QED) is 0.813. The van der Waals surface area contributed by atoms with E-state index < -0.39 is 6.36 Å². The van der Waals surface area contributed by atoms with Gasteiger partial charge in [0.05, 0.1) is 6.61 Å². The molecule has 1 rings (SSSR count). The van der Waals surface area contributed by atoms with Gasteiger partial charge in [-0.25, -0.2) is 0 Å². The fraction of sp³-hybridized carbons (Fsp3) is 0.333. The predicted octanol–water partition coefficient (Wildman–Crippen LogP) is 2.89. The van der Waals surface area contributed by atoms with Crippen LogP contribution in [0, 0.1) is 0 Å². The minimum Gasteiger partial charge on any atom is -0.493 e. The zero-order valence-corrected chi connectivity index (χ0v) is 8.52. The highest BCUT2D eigenvalue weighted by atomic mass is 32.1. The number of hydrogen-bond acceptors (Lipinski definition) is 3. The van der Waals surface area contributed by atoms with Crippen molar-refractivity contribution in [1.29, 1.82) is 0 Å². The zero-order valence-electron chi connectivity index (χ0n) is 7.62. The van der Waals surface area contributed by atoms with Crippen LogP contribution in [0.4, 0.5) is 13.2 Å². The lowest BCUT2D eigenvalue weighted by atomic mass is 10.3. The van der Waals surface area contributed by atoms with Gasteiger partial charge in [0.15, 0.2) is 0 Å². The molecule has 0 fully saturated rings. The second kappa shape index (κ2) is 5.16. The normalized spacial score (nSPS) is 11.2. The number of thiol groups is 1. The van der Waals surface area contributed by atoms with Gasteiger partial charge in [0.2, 0.25) is 0 Å². The average Bonchev–Trinajstić information content (AvgIpc) is 2.14. The molecule has 0 radical (unpaired) electrons. The van der Waals surface area contributed by atoms with Crippen molar-refractivity contribution in [3.05, 3.63) is 24.3 Å². The molecule has 6 heteroatoms. The predicted molar refractivity (Wildman–Crippen MR) is 52.5 cm³/mol. The van der Waals surface area contributed by atoms with E-state index in [-0.39, 0.29) is 5.75 Å². The summed E-state index contributed by atoms with van der Waals surface area (Å²) >= 11 is 3.93. The van der Waals surface area contributed by atoms with Gasteiger partial charge in [-0.15, -0.1) is 13.2 Å². The maximum absolute atomic E-state index is 11.8. The topological polar surface area (TPSA) is 18.5 Å².